The first-order valence-corrected chi connectivity index (χ1v) is 5.98. The lowest BCUT2D eigenvalue weighted by Gasteiger charge is -1.99. The lowest BCUT2D eigenvalue weighted by atomic mass is 10.2. The minimum atomic E-state index is -1.10. The second kappa shape index (κ2) is 19.3. The van der Waals surface area contributed by atoms with Crippen LogP contribution in [0.2, 0.25) is 0 Å². The number of rotatable bonds is 6. The smallest absolute Gasteiger partial charge is 0.315 e. The van der Waals surface area contributed by atoms with Gasteiger partial charge in [-0.3, -0.25) is 9.59 Å². The van der Waals surface area contributed by atoms with Crippen molar-refractivity contribution in [2.24, 2.45) is 0 Å². The number of hydrogen-bond donors (Lipinski definition) is 4. The molecule has 0 aromatic rings. The largest absolute Gasteiger partial charge is 0.481 e. The summed E-state index contributed by atoms with van der Waals surface area (Å²) in [5.74, 6) is 2.04. The molecule has 0 fully saturated rings. The molecule has 0 bridgehead atoms. The van der Waals surface area contributed by atoms with Crippen molar-refractivity contribution in [2.45, 2.75) is 51.7 Å². The van der Waals surface area contributed by atoms with Crippen LogP contribution in [0, 0.1) is 24.7 Å². The van der Waals surface area contributed by atoms with Gasteiger partial charge in [-0.25, -0.2) is 0 Å². The van der Waals surface area contributed by atoms with Gasteiger partial charge >= 0.3 is 11.9 Å². The Balaban J connectivity index is -0.000000221. The van der Waals surface area contributed by atoms with Crippen LogP contribution in [0.3, 0.4) is 0 Å². The number of terminal acetylenes is 2. The quantitative estimate of drug-likeness (QED) is 0.330. The molecule has 0 spiro atoms. The van der Waals surface area contributed by atoms with E-state index in [1.165, 1.54) is 0 Å². The fourth-order valence-electron chi connectivity index (χ4n) is 0.752. The number of carbonyl (C=O) groups is 2. The molecule has 0 atom stereocenters. The van der Waals surface area contributed by atoms with E-state index in [4.69, 9.17) is 20.4 Å². The summed E-state index contributed by atoms with van der Waals surface area (Å²) >= 11 is 0. The van der Waals surface area contributed by atoms with Crippen molar-refractivity contribution < 1.29 is 30.0 Å². The van der Waals surface area contributed by atoms with E-state index >= 15 is 0 Å². The molecule has 0 aliphatic carbocycles. The molecule has 6 nitrogen and oxygen atoms in total. The average molecular weight is 286 g/mol. The summed E-state index contributed by atoms with van der Waals surface area (Å²) in [7, 11) is 0. The van der Waals surface area contributed by atoms with Gasteiger partial charge < -0.3 is 20.4 Å². The minimum Gasteiger partial charge on any atom is -0.481 e. The van der Waals surface area contributed by atoms with E-state index in [0.717, 1.165) is 19.3 Å². The van der Waals surface area contributed by atoms with Gasteiger partial charge in [-0.15, -0.1) is 12.8 Å². The van der Waals surface area contributed by atoms with Crippen LogP contribution in [0.5, 0.6) is 0 Å². The fourth-order valence-corrected chi connectivity index (χ4v) is 0.752. The Labute approximate surface area is 119 Å². The van der Waals surface area contributed by atoms with E-state index < -0.39 is 18.2 Å². The van der Waals surface area contributed by atoms with E-state index in [2.05, 4.69) is 19.8 Å². The van der Waals surface area contributed by atoms with Crippen LogP contribution in [0.1, 0.15) is 45.4 Å². The van der Waals surface area contributed by atoms with Gasteiger partial charge in [0.2, 0.25) is 0 Å². The molecule has 0 aromatic heterocycles. The molecular weight excluding hydrogens is 264 g/mol. The predicted octanol–water partition coefficient (Wildman–Crippen LogP) is 1.07. The van der Waals surface area contributed by atoms with Gasteiger partial charge in [0.1, 0.15) is 12.8 Å². The molecule has 0 aliphatic rings. The highest BCUT2D eigenvalue weighted by molar-refractivity contribution is 5.69. The standard InChI is InChI=1S/C6H14O2.2C4H4O2/c1-2-3-4-5-6(7)8;2*1-2-3-4(5)6/h6-8H,2-5H2,1H3;2*1H,3H2,(H,5,6). The van der Waals surface area contributed by atoms with Crippen molar-refractivity contribution in [3.8, 4) is 24.7 Å². The van der Waals surface area contributed by atoms with Gasteiger partial charge in [0.15, 0.2) is 6.29 Å². The van der Waals surface area contributed by atoms with Crippen LogP contribution in [0.25, 0.3) is 0 Å². The van der Waals surface area contributed by atoms with Crippen molar-refractivity contribution in [3.05, 3.63) is 0 Å². The maximum absolute atomic E-state index is 9.46. The van der Waals surface area contributed by atoms with Crippen molar-refractivity contribution in [1.82, 2.24) is 0 Å². The predicted molar refractivity (Wildman–Crippen MR) is 74.5 cm³/mol. The highest BCUT2D eigenvalue weighted by Crippen LogP contribution is 1.99. The number of aliphatic hydroxyl groups is 2. The lowest BCUT2D eigenvalue weighted by Crippen LogP contribution is -2.02. The van der Waals surface area contributed by atoms with Gasteiger partial charge in [0, 0.05) is 0 Å². The van der Waals surface area contributed by atoms with Crippen LogP contribution < -0.4 is 0 Å². The topological polar surface area (TPSA) is 115 Å². The summed E-state index contributed by atoms with van der Waals surface area (Å²) in [6.07, 6.45) is 11.4. The van der Waals surface area contributed by atoms with Gasteiger partial charge in [-0.1, -0.05) is 31.6 Å². The third kappa shape index (κ3) is 44.5. The van der Waals surface area contributed by atoms with Crippen LogP contribution in [0.4, 0.5) is 0 Å². The zero-order chi connectivity index (χ0) is 16.4. The molecule has 0 radical (unpaired) electrons. The summed E-state index contributed by atoms with van der Waals surface area (Å²) in [5, 5.41) is 32.2. The molecule has 0 aromatic carbocycles. The number of aliphatic carboxylic acids is 2. The number of carboxylic acids is 2. The van der Waals surface area contributed by atoms with Gasteiger partial charge in [0.05, 0.1) is 0 Å². The summed E-state index contributed by atoms with van der Waals surface area (Å²) in [6.45, 7) is 2.09. The first kappa shape index (κ1) is 23.1. The normalized spacial score (nSPS) is 8.10. The van der Waals surface area contributed by atoms with E-state index in [-0.39, 0.29) is 12.8 Å². The Bertz CT molecular complexity index is 296. The average Bonchev–Trinajstić information content (AvgIpc) is 2.30. The number of hydrogen-bond acceptors (Lipinski definition) is 4. The van der Waals surface area contributed by atoms with Gasteiger partial charge in [0.25, 0.3) is 0 Å². The van der Waals surface area contributed by atoms with E-state index in [1.54, 1.807) is 0 Å². The number of unbranched alkanes of at least 4 members (excludes halogenated alkanes) is 2. The van der Waals surface area contributed by atoms with Gasteiger partial charge in [-0.05, 0) is 12.8 Å². The molecule has 4 N–H and O–H groups in total. The zero-order valence-corrected chi connectivity index (χ0v) is 11.6. The summed E-state index contributed by atoms with van der Waals surface area (Å²) < 4.78 is 0. The van der Waals surface area contributed by atoms with Gasteiger partial charge in [-0.2, -0.15) is 0 Å². The summed E-state index contributed by atoms with van der Waals surface area (Å²) in [6, 6.07) is 0. The molecule has 0 aliphatic heterocycles. The van der Waals surface area contributed by atoms with E-state index in [9.17, 15) is 9.59 Å². The van der Waals surface area contributed by atoms with Crippen LogP contribution in [-0.4, -0.2) is 38.7 Å². The Morgan fingerprint density at radius 3 is 1.55 bits per heavy atom. The van der Waals surface area contributed by atoms with Crippen LogP contribution in [-0.2, 0) is 9.59 Å². The highest BCUT2D eigenvalue weighted by Gasteiger charge is 1.93. The number of carboxylic acid groups (broad SMARTS) is 2. The Morgan fingerprint density at radius 2 is 1.40 bits per heavy atom. The van der Waals surface area contributed by atoms with Crippen LogP contribution in [0.15, 0.2) is 0 Å². The Kier molecular flexibility index (Phi) is 22.3. The van der Waals surface area contributed by atoms with Crippen molar-refractivity contribution in [2.75, 3.05) is 0 Å². The third-order valence-corrected chi connectivity index (χ3v) is 1.57. The molecule has 0 heterocycles. The maximum atomic E-state index is 9.46. The first-order valence-electron chi connectivity index (χ1n) is 5.98. The fraction of sp³-hybridized carbons (Fsp3) is 0.571. The maximum Gasteiger partial charge on any atom is 0.315 e. The summed E-state index contributed by atoms with van der Waals surface area (Å²) in [5.41, 5.74) is 0. The minimum absolute atomic E-state index is 0.181. The molecule has 0 saturated heterocycles. The molecule has 114 valence electrons. The SMILES string of the molecule is C#CCC(=O)O.C#CCC(=O)O.CCCCCC(O)O. The monoisotopic (exact) mass is 286 g/mol. The van der Waals surface area contributed by atoms with Crippen molar-refractivity contribution in [1.29, 1.82) is 0 Å². The zero-order valence-electron chi connectivity index (χ0n) is 11.6. The Morgan fingerprint density at radius 1 is 1.00 bits per heavy atom. The number of aliphatic hydroxyl groups excluding tert-OH is 1. The molecule has 6 heteroatoms. The molecule has 0 unspecified atom stereocenters. The van der Waals surface area contributed by atoms with Crippen molar-refractivity contribution >= 4 is 11.9 Å². The molecule has 0 rings (SSSR count). The lowest BCUT2D eigenvalue weighted by molar-refractivity contribution is -0.136. The second-order valence-electron chi connectivity index (χ2n) is 3.53. The first-order chi connectivity index (χ1) is 9.31. The molecule has 20 heavy (non-hydrogen) atoms. The molecule has 0 amide bonds. The third-order valence-electron chi connectivity index (χ3n) is 1.57. The van der Waals surface area contributed by atoms with Crippen LogP contribution >= 0.6 is 0 Å². The Hall–Kier alpha value is -2.02. The van der Waals surface area contributed by atoms with Crippen molar-refractivity contribution in [3.63, 3.8) is 0 Å². The highest BCUT2D eigenvalue weighted by atomic mass is 16.5. The summed E-state index contributed by atoms with van der Waals surface area (Å²) in [4.78, 5) is 18.9. The molecule has 0 saturated carbocycles. The second-order valence-corrected chi connectivity index (χ2v) is 3.53. The van der Waals surface area contributed by atoms with E-state index in [0.29, 0.717) is 6.42 Å². The molecular formula is C14H22O6. The van der Waals surface area contributed by atoms with E-state index in [1.807, 2.05) is 11.8 Å².